The van der Waals surface area contributed by atoms with E-state index in [2.05, 4.69) is 9.97 Å². The first-order chi connectivity index (χ1) is 10.9. The van der Waals surface area contributed by atoms with Gasteiger partial charge in [-0.1, -0.05) is 17.7 Å². The zero-order valence-corrected chi connectivity index (χ0v) is 12.2. The van der Waals surface area contributed by atoms with Crippen molar-refractivity contribution < 1.29 is 13.2 Å². The van der Waals surface area contributed by atoms with Crippen molar-refractivity contribution in [3.63, 3.8) is 0 Å². The molecule has 0 unspecified atom stereocenters. The summed E-state index contributed by atoms with van der Waals surface area (Å²) < 4.78 is 38.6. The van der Waals surface area contributed by atoms with Gasteiger partial charge in [0.1, 0.15) is 6.33 Å². The molecule has 3 aromatic rings. The van der Waals surface area contributed by atoms with E-state index in [0.29, 0.717) is 16.7 Å². The maximum absolute atomic E-state index is 12.9. The SMILES string of the molecule is Cc1ccc2ncnc(N(N)c3cccc(C(F)(F)F)c3)c2c1. The van der Waals surface area contributed by atoms with Crippen molar-refractivity contribution in [3.8, 4) is 0 Å². The van der Waals surface area contributed by atoms with Crippen LogP contribution in [0.4, 0.5) is 24.7 Å². The molecule has 0 atom stereocenters. The maximum Gasteiger partial charge on any atom is 0.416 e. The van der Waals surface area contributed by atoms with Crippen LogP contribution in [-0.2, 0) is 6.18 Å². The summed E-state index contributed by atoms with van der Waals surface area (Å²) in [6.07, 6.45) is -3.10. The molecule has 0 saturated carbocycles. The highest BCUT2D eigenvalue weighted by Gasteiger charge is 2.30. The molecule has 0 fully saturated rings. The standard InChI is InChI=1S/C16H13F3N4/c1-10-5-6-14-13(7-10)15(22-9-21-14)23(20)12-4-2-3-11(8-12)16(17,18)19/h2-9H,20H2,1H3. The average molecular weight is 318 g/mol. The molecule has 0 radical (unpaired) electrons. The minimum Gasteiger partial charge on any atom is -0.262 e. The Morgan fingerprint density at radius 2 is 1.83 bits per heavy atom. The average Bonchev–Trinajstić information content (AvgIpc) is 2.53. The third-order valence-electron chi connectivity index (χ3n) is 3.45. The summed E-state index contributed by atoms with van der Waals surface area (Å²) in [7, 11) is 0. The van der Waals surface area contributed by atoms with E-state index in [0.717, 1.165) is 22.7 Å². The maximum atomic E-state index is 12.9. The van der Waals surface area contributed by atoms with Gasteiger partial charge in [0.05, 0.1) is 16.8 Å². The number of benzene rings is 2. The van der Waals surface area contributed by atoms with Crippen LogP contribution in [-0.4, -0.2) is 9.97 Å². The number of alkyl halides is 3. The largest absolute Gasteiger partial charge is 0.416 e. The highest BCUT2D eigenvalue weighted by molar-refractivity contribution is 5.91. The van der Waals surface area contributed by atoms with Crippen molar-refractivity contribution in [1.82, 2.24) is 9.97 Å². The number of aryl methyl sites for hydroxylation is 1. The van der Waals surface area contributed by atoms with Crippen LogP contribution in [0.3, 0.4) is 0 Å². The van der Waals surface area contributed by atoms with Gasteiger partial charge < -0.3 is 0 Å². The lowest BCUT2D eigenvalue weighted by atomic mass is 10.1. The Balaban J connectivity index is 2.11. The van der Waals surface area contributed by atoms with Crippen LogP contribution in [0.1, 0.15) is 11.1 Å². The van der Waals surface area contributed by atoms with Gasteiger partial charge in [0.2, 0.25) is 0 Å². The molecule has 0 aliphatic heterocycles. The van der Waals surface area contributed by atoms with Gasteiger partial charge in [0.15, 0.2) is 5.82 Å². The number of nitrogens with zero attached hydrogens (tertiary/aromatic N) is 3. The lowest BCUT2D eigenvalue weighted by Gasteiger charge is -2.20. The van der Waals surface area contributed by atoms with Gasteiger partial charge in [-0.15, -0.1) is 0 Å². The van der Waals surface area contributed by atoms with Gasteiger partial charge in [-0.3, -0.25) is 5.01 Å². The number of aromatic nitrogens is 2. The monoisotopic (exact) mass is 318 g/mol. The molecule has 0 aliphatic rings. The predicted molar refractivity (Wildman–Crippen MR) is 82.0 cm³/mol. The van der Waals surface area contributed by atoms with Crippen LogP contribution < -0.4 is 10.9 Å². The van der Waals surface area contributed by atoms with Crippen molar-refractivity contribution in [2.75, 3.05) is 5.01 Å². The van der Waals surface area contributed by atoms with E-state index in [1.807, 2.05) is 25.1 Å². The molecule has 0 saturated heterocycles. The number of fused-ring (bicyclic) bond motifs is 1. The molecule has 1 heterocycles. The highest BCUT2D eigenvalue weighted by Crippen LogP contribution is 2.33. The summed E-state index contributed by atoms with van der Waals surface area (Å²) in [5.74, 6) is 6.37. The molecule has 23 heavy (non-hydrogen) atoms. The van der Waals surface area contributed by atoms with E-state index in [4.69, 9.17) is 5.84 Å². The Kier molecular flexibility index (Phi) is 3.65. The number of hydrazine groups is 1. The van der Waals surface area contributed by atoms with Crippen molar-refractivity contribution in [2.24, 2.45) is 5.84 Å². The van der Waals surface area contributed by atoms with Crippen molar-refractivity contribution in [2.45, 2.75) is 13.1 Å². The minimum absolute atomic E-state index is 0.196. The molecule has 0 bridgehead atoms. The molecular weight excluding hydrogens is 305 g/mol. The van der Waals surface area contributed by atoms with E-state index >= 15 is 0 Å². The lowest BCUT2D eigenvalue weighted by molar-refractivity contribution is -0.137. The predicted octanol–water partition coefficient (Wildman–Crippen LogP) is 3.97. The fourth-order valence-corrected chi connectivity index (χ4v) is 2.30. The van der Waals surface area contributed by atoms with Crippen LogP contribution >= 0.6 is 0 Å². The second-order valence-corrected chi connectivity index (χ2v) is 5.14. The summed E-state index contributed by atoms with van der Waals surface area (Å²) >= 11 is 0. The molecule has 3 rings (SSSR count). The van der Waals surface area contributed by atoms with Crippen LogP contribution in [0.25, 0.3) is 10.9 Å². The number of hydrogen-bond donors (Lipinski definition) is 1. The van der Waals surface area contributed by atoms with E-state index in [-0.39, 0.29) is 5.69 Å². The van der Waals surface area contributed by atoms with E-state index in [9.17, 15) is 13.2 Å². The Bertz CT molecular complexity index is 861. The molecule has 0 spiro atoms. The van der Waals surface area contributed by atoms with Gasteiger partial charge in [0.25, 0.3) is 0 Å². The summed E-state index contributed by atoms with van der Waals surface area (Å²) in [4.78, 5) is 8.27. The number of nitrogens with two attached hydrogens (primary N) is 1. The summed E-state index contributed by atoms with van der Waals surface area (Å²) in [6, 6.07) is 10.4. The number of hydrogen-bond acceptors (Lipinski definition) is 4. The van der Waals surface area contributed by atoms with Gasteiger partial charge in [-0.05, 0) is 37.3 Å². The van der Waals surface area contributed by atoms with Gasteiger partial charge in [-0.2, -0.15) is 13.2 Å². The first kappa shape index (κ1) is 15.2. The first-order valence-electron chi connectivity index (χ1n) is 6.80. The normalized spacial score (nSPS) is 11.7. The number of anilines is 2. The third-order valence-corrected chi connectivity index (χ3v) is 3.45. The second kappa shape index (κ2) is 5.51. The number of halogens is 3. The highest BCUT2D eigenvalue weighted by atomic mass is 19.4. The van der Waals surface area contributed by atoms with Crippen molar-refractivity contribution in [1.29, 1.82) is 0 Å². The summed E-state index contributed by atoms with van der Waals surface area (Å²) in [5.41, 5.74) is 1.08. The second-order valence-electron chi connectivity index (χ2n) is 5.14. The smallest absolute Gasteiger partial charge is 0.262 e. The zero-order chi connectivity index (χ0) is 16.6. The summed E-state index contributed by atoms with van der Waals surface area (Å²) in [6.45, 7) is 1.90. The third kappa shape index (κ3) is 2.95. The number of rotatable bonds is 2. The molecule has 7 heteroatoms. The molecule has 0 amide bonds. The Morgan fingerprint density at radius 1 is 1.04 bits per heavy atom. The van der Waals surface area contributed by atoms with Crippen LogP contribution in [0, 0.1) is 6.92 Å². The molecule has 1 aromatic heterocycles. The van der Waals surface area contributed by atoms with Gasteiger partial charge >= 0.3 is 6.18 Å². The molecular formula is C16H13F3N4. The van der Waals surface area contributed by atoms with E-state index < -0.39 is 11.7 Å². The van der Waals surface area contributed by atoms with E-state index in [1.165, 1.54) is 18.5 Å². The quantitative estimate of drug-likeness (QED) is 0.574. The first-order valence-corrected chi connectivity index (χ1v) is 6.80. The Morgan fingerprint density at radius 3 is 2.57 bits per heavy atom. The Labute approximate surface area is 130 Å². The van der Waals surface area contributed by atoms with Crippen LogP contribution in [0.5, 0.6) is 0 Å². The topological polar surface area (TPSA) is 55.0 Å². The van der Waals surface area contributed by atoms with Crippen LogP contribution in [0.15, 0.2) is 48.8 Å². The van der Waals surface area contributed by atoms with E-state index in [1.54, 1.807) is 0 Å². The van der Waals surface area contributed by atoms with Gasteiger partial charge in [-0.25, -0.2) is 15.8 Å². The van der Waals surface area contributed by atoms with Crippen molar-refractivity contribution >= 4 is 22.4 Å². The fourth-order valence-electron chi connectivity index (χ4n) is 2.30. The van der Waals surface area contributed by atoms with Gasteiger partial charge in [0, 0.05) is 5.39 Å². The lowest BCUT2D eigenvalue weighted by Crippen LogP contribution is -2.26. The molecule has 2 aromatic carbocycles. The molecule has 0 aliphatic carbocycles. The van der Waals surface area contributed by atoms with Crippen LogP contribution in [0.2, 0.25) is 0 Å². The van der Waals surface area contributed by atoms with Crippen molar-refractivity contribution in [3.05, 3.63) is 59.9 Å². The molecule has 4 nitrogen and oxygen atoms in total. The fraction of sp³-hybridized carbons (Fsp3) is 0.125. The molecule has 118 valence electrons. The minimum atomic E-state index is -4.43. The Hall–Kier alpha value is -2.67. The summed E-state index contributed by atoms with van der Waals surface area (Å²) in [5, 5.41) is 1.81. The molecule has 2 N–H and O–H groups in total. The zero-order valence-electron chi connectivity index (χ0n) is 12.2.